The van der Waals surface area contributed by atoms with Crippen LogP contribution in [0.25, 0.3) is 16.6 Å². The van der Waals surface area contributed by atoms with Crippen LogP contribution in [0.4, 0.5) is 13.2 Å². The first-order valence-corrected chi connectivity index (χ1v) is 9.82. The van der Waals surface area contributed by atoms with Gasteiger partial charge in [0, 0.05) is 16.5 Å². The quantitative estimate of drug-likeness (QED) is 0.433. The van der Waals surface area contributed by atoms with Gasteiger partial charge in [-0.25, -0.2) is 9.36 Å². The van der Waals surface area contributed by atoms with Gasteiger partial charge in [-0.15, -0.1) is 0 Å². The summed E-state index contributed by atoms with van der Waals surface area (Å²) in [6.45, 7) is 0.129. The molecule has 4 rings (SSSR count). The zero-order valence-electron chi connectivity index (χ0n) is 15.1. The second kappa shape index (κ2) is 7.73. The lowest BCUT2D eigenvalue weighted by atomic mass is 10.1. The van der Waals surface area contributed by atoms with Crippen LogP contribution in [0.3, 0.4) is 0 Å². The Morgan fingerprint density at radius 3 is 2.53 bits per heavy atom. The molecule has 0 aliphatic carbocycles. The maximum atomic E-state index is 12.9. The molecule has 0 aliphatic rings. The van der Waals surface area contributed by atoms with E-state index in [1.807, 2.05) is 0 Å². The summed E-state index contributed by atoms with van der Waals surface area (Å²) in [6, 6.07) is 12.2. The van der Waals surface area contributed by atoms with Crippen LogP contribution in [0.5, 0.6) is 5.88 Å². The summed E-state index contributed by atoms with van der Waals surface area (Å²) in [5.41, 5.74) is -3.28. The Hall–Kier alpha value is -2.91. The third-order valence-electron chi connectivity index (χ3n) is 4.41. The van der Waals surface area contributed by atoms with Crippen molar-refractivity contribution in [3.05, 3.63) is 82.0 Å². The first-order chi connectivity index (χ1) is 14.2. The number of rotatable bonds is 4. The summed E-state index contributed by atoms with van der Waals surface area (Å²) >= 11 is 6.05. The highest BCUT2D eigenvalue weighted by atomic mass is 35.5. The van der Waals surface area contributed by atoms with E-state index in [1.165, 1.54) is 35.0 Å². The molecule has 0 bridgehead atoms. The van der Waals surface area contributed by atoms with Crippen molar-refractivity contribution in [3.63, 3.8) is 0 Å². The highest BCUT2D eigenvalue weighted by molar-refractivity contribution is 8.00. The van der Waals surface area contributed by atoms with Crippen molar-refractivity contribution in [2.24, 2.45) is 0 Å². The minimum Gasteiger partial charge on any atom is -0.493 e. The molecule has 0 atom stereocenters. The van der Waals surface area contributed by atoms with E-state index in [0.29, 0.717) is 15.9 Å². The molecule has 2 aromatic heterocycles. The number of benzene rings is 2. The van der Waals surface area contributed by atoms with Gasteiger partial charge in [-0.05, 0) is 59.8 Å². The summed E-state index contributed by atoms with van der Waals surface area (Å²) in [6.07, 6.45) is 2.87. The number of nitrogens with zero attached hydrogens (tertiary/aromatic N) is 3. The smallest absolute Gasteiger partial charge is 0.446 e. The van der Waals surface area contributed by atoms with Crippen molar-refractivity contribution in [2.75, 3.05) is 0 Å². The van der Waals surface area contributed by atoms with E-state index in [-0.39, 0.29) is 34.8 Å². The maximum Gasteiger partial charge on any atom is 0.446 e. The molecule has 0 radical (unpaired) electrons. The van der Waals surface area contributed by atoms with Gasteiger partial charge in [0.15, 0.2) is 0 Å². The third-order valence-corrected chi connectivity index (χ3v) is 5.46. The molecule has 4 aromatic rings. The van der Waals surface area contributed by atoms with Crippen molar-refractivity contribution >= 4 is 34.3 Å². The molecule has 0 fully saturated rings. The third kappa shape index (κ3) is 4.03. The number of imidazole rings is 1. The second-order valence-electron chi connectivity index (χ2n) is 6.38. The SMILES string of the molecule is O=c1n(Cc2ccnc3cccc(Cl)c23)cc(O)n1-c1ccc(SC(F)(F)F)cc1. The second-order valence-corrected chi connectivity index (χ2v) is 7.92. The molecule has 30 heavy (non-hydrogen) atoms. The number of aromatic nitrogens is 3. The fraction of sp³-hybridized carbons (Fsp3) is 0.100. The molecule has 154 valence electrons. The van der Waals surface area contributed by atoms with E-state index in [4.69, 9.17) is 11.6 Å². The van der Waals surface area contributed by atoms with Crippen molar-refractivity contribution in [1.82, 2.24) is 14.1 Å². The molecule has 0 aliphatic heterocycles. The van der Waals surface area contributed by atoms with Gasteiger partial charge in [0.05, 0.1) is 29.0 Å². The fourth-order valence-corrected chi connectivity index (χ4v) is 4.01. The van der Waals surface area contributed by atoms with Crippen molar-refractivity contribution in [2.45, 2.75) is 16.9 Å². The lowest BCUT2D eigenvalue weighted by molar-refractivity contribution is -0.0328. The summed E-state index contributed by atoms with van der Waals surface area (Å²) in [7, 11) is 0. The Kier molecular flexibility index (Phi) is 5.25. The largest absolute Gasteiger partial charge is 0.493 e. The van der Waals surface area contributed by atoms with Crippen LogP contribution in [0.2, 0.25) is 5.02 Å². The summed E-state index contributed by atoms with van der Waals surface area (Å²) < 4.78 is 39.8. The van der Waals surface area contributed by atoms with Gasteiger partial charge in [-0.2, -0.15) is 13.2 Å². The van der Waals surface area contributed by atoms with Crippen molar-refractivity contribution in [3.8, 4) is 11.6 Å². The molecule has 10 heteroatoms. The number of halogens is 4. The predicted molar refractivity (Wildman–Crippen MR) is 109 cm³/mol. The highest BCUT2D eigenvalue weighted by Crippen LogP contribution is 2.37. The first-order valence-electron chi connectivity index (χ1n) is 8.62. The number of fused-ring (bicyclic) bond motifs is 1. The molecule has 0 amide bonds. The van der Waals surface area contributed by atoms with Gasteiger partial charge < -0.3 is 5.11 Å². The number of alkyl halides is 3. The number of pyridine rings is 1. The minimum atomic E-state index is -4.40. The van der Waals surface area contributed by atoms with Crippen LogP contribution in [-0.4, -0.2) is 24.7 Å². The van der Waals surface area contributed by atoms with Gasteiger partial charge >= 0.3 is 11.2 Å². The van der Waals surface area contributed by atoms with E-state index in [1.54, 1.807) is 30.5 Å². The van der Waals surface area contributed by atoms with Crippen LogP contribution in [0, 0.1) is 0 Å². The molecule has 0 saturated heterocycles. The van der Waals surface area contributed by atoms with Crippen molar-refractivity contribution < 1.29 is 18.3 Å². The van der Waals surface area contributed by atoms with E-state index < -0.39 is 11.2 Å². The minimum absolute atomic E-state index is 0.0175. The van der Waals surface area contributed by atoms with Crippen LogP contribution in [-0.2, 0) is 6.54 Å². The molecular formula is C20H13ClF3N3O2S. The lowest BCUT2D eigenvalue weighted by Crippen LogP contribution is -2.23. The average Bonchev–Trinajstić information content (AvgIpc) is 2.95. The lowest BCUT2D eigenvalue weighted by Gasteiger charge is -2.08. The van der Waals surface area contributed by atoms with E-state index in [9.17, 15) is 23.1 Å². The van der Waals surface area contributed by atoms with Gasteiger partial charge in [-0.3, -0.25) is 9.55 Å². The van der Waals surface area contributed by atoms with Crippen LogP contribution >= 0.6 is 23.4 Å². The van der Waals surface area contributed by atoms with E-state index in [0.717, 1.165) is 10.1 Å². The average molecular weight is 452 g/mol. The molecule has 0 spiro atoms. The Morgan fingerprint density at radius 2 is 1.83 bits per heavy atom. The number of aromatic hydroxyl groups is 1. The maximum absolute atomic E-state index is 12.9. The molecule has 2 aromatic carbocycles. The van der Waals surface area contributed by atoms with Crippen LogP contribution in [0.1, 0.15) is 5.56 Å². The Balaban J connectivity index is 1.70. The van der Waals surface area contributed by atoms with Gasteiger partial charge in [0.2, 0.25) is 5.88 Å². The molecule has 2 heterocycles. The Morgan fingerprint density at radius 1 is 1.10 bits per heavy atom. The molecule has 5 nitrogen and oxygen atoms in total. The number of hydrogen-bond donors (Lipinski definition) is 1. The predicted octanol–water partition coefficient (Wildman–Crippen LogP) is 5.21. The standard InChI is InChI=1S/C20H13ClF3N3O2S/c21-15-2-1-3-16-18(15)12(8-9-25-16)10-26-11-17(28)27(19(26)29)13-4-6-14(7-5-13)30-20(22,23)24/h1-9,11,28H,10H2. The highest BCUT2D eigenvalue weighted by Gasteiger charge is 2.29. The zero-order chi connectivity index (χ0) is 21.5. The van der Waals surface area contributed by atoms with Gasteiger partial charge in [0.1, 0.15) is 0 Å². The first kappa shape index (κ1) is 20.4. The molecule has 0 unspecified atom stereocenters. The fourth-order valence-electron chi connectivity index (χ4n) is 3.18. The molecule has 0 saturated carbocycles. The molecular weight excluding hydrogens is 439 g/mol. The summed E-state index contributed by atoms with van der Waals surface area (Å²) in [5.74, 6) is -0.333. The number of hydrogen-bond acceptors (Lipinski definition) is 4. The summed E-state index contributed by atoms with van der Waals surface area (Å²) in [5, 5.41) is 11.5. The summed E-state index contributed by atoms with van der Waals surface area (Å²) in [4.78, 5) is 17.1. The topological polar surface area (TPSA) is 60.1 Å². The van der Waals surface area contributed by atoms with Gasteiger partial charge in [0.25, 0.3) is 0 Å². The van der Waals surface area contributed by atoms with Gasteiger partial charge in [-0.1, -0.05) is 17.7 Å². The number of thioether (sulfide) groups is 1. The zero-order valence-corrected chi connectivity index (χ0v) is 16.7. The normalized spacial score (nSPS) is 11.9. The van der Waals surface area contributed by atoms with Crippen LogP contribution < -0.4 is 5.69 Å². The Labute approximate surface area is 177 Å². The van der Waals surface area contributed by atoms with E-state index >= 15 is 0 Å². The van der Waals surface area contributed by atoms with E-state index in [2.05, 4.69) is 4.98 Å². The molecule has 1 N–H and O–H groups in total. The van der Waals surface area contributed by atoms with Crippen molar-refractivity contribution in [1.29, 1.82) is 0 Å². The Bertz CT molecular complexity index is 1280. The van der Waals surface area contributed by atoms with Crippen LogP contribution in [0.15, 0.2) is 70.6 Å². The monoisotopic (exact) mass is 451 g/mol.